The van der Waals surface area contributed by atoms with Crippen LogP contribution in [0.2, 0.25) is 5.15 Å². The van der Waals surface area contributed by atoms with E-state index in [1.54, 1.807) is 19.1 Å². The third-order valence-electron chi connectivity index (χ3n) is 2.64. The summed E-state index contributed by atoms with van der Waals surface area (Å²) >= 11 is 5.75. The van der Waals surface area contributed by atoms with E-state index in [4.69, 9.17) is 16.0 Å². The van der Waals surface area contributed by atoms with E-state index in [2.05, 4.69) is 9.71 Å². The zero-order valence-electron chi connectivity index (χ0n) is 10.6. The molecule has 0 aromatic carbocycles. The summed E-state index contributed by atoms with van der Waals surface area (Å²) in [6.07, 6.45) is 1.51. The van der Waals surface area contributed by atoms with Crippen LogP contribution in [0.15, 0.2) is 40.0 Å². The van der Waals surface area contributed by atoms with Gasteiger partial charge in [0.25, 0.3) is 0 Å². The summed E-state index contributed by atoms with van der Waals surface area (Å²) in [4.78, 5) is 3.78. The van der Waals surface area contributed by atoms with Gasteiger partial charge in [-0.25, -0.2) is 18.1 Å². The first-order chi connectivity index (χ1) is 9.40. The first kappa shape index (κ1) is 15.0. The Morgan fingerprint density at radius 2 is 2.30 bits per heavy atom. The maximum atomic E-state index is 12.0. The highest BCUT2D eigenvalue weighted by Crippen LogP contribution is 2.17. The lowest BCUT2D eigenvalue weighted by atomic mass is 10.3. The molecule has 0 spiro atoms. The van der Waals surface area contributed by atoms with Crippen LogP contribution in [-0.2, 0) is 10.0 Å². The molecule has 2 aromatic heterocycles. The lowest BCUT2D eigenvalue weighted by Crippen LogP contribution is -2.28. The Kier molecular flexibility index (Phi) is 4.44. The molecule has 0 radical (unpaired) electrons. The first-order valence-electron chi connectivity index (χ1n) is 5.73. The fourth-order valence-corrected chi connectivity index (χ4v) is 2.70. The first-order valence-corrected chi connectivity index (χ1v) is 7.59. The average Bonchev–Trinajstić information content (AvgIpc) is 2.93. The topological polar surface area (TPSA) is 92.4 Å². The highest BCUT2D eigenvalue weighted by molar-refractivity contribution is 7.89. The molecular weight excluding hydrogens is 304 g/mol. The summed E-state index contributed by atoms with van der Waals surface area (Å²) in [5.41, 5.74) is 0.557. The standard InChI is InChI=1S/C12H13ClN2O4S/c1-8-5-9(6-14-12(8)13)20(17,18)15-7-10(16)11-3-2-4-19-11/h2-6,10,15-16H,7H2,1H3. The Labute approximate surface area is 121 Å². The minimum Gasteiger partial charge on any atom is -0.467 e. The van der Waals surface area contributed by atoms with E-state index in [9.17, 15) is 13.5 Å². The third kappa shape index (κ3) is 3.37. The molecule has 108 valence electrons. The van der Waals surface area contributed by atoms with Gasteiger partial charge in [-0.15, -0.1) is 0 Å². The average molecular weight is 317 g/mol. The molecule has 0 bridgehead atoms. The number of hydrogen-bond acceptors (Lipinski definition) is 5. The quantitative estimate of drug-likeness (QED) is 0.818. The van der Waals surface area contributed by atoms with E-state index in [1.807, 2.05) is 0 Å². The molecule has 1 atom stereocenters. The highest BCUT2D eigenvalue weighted by Gasteiger charge is 2.19. The van der Waals surface area contributed by atoms with E-state index in [0.29, 0.717) is 5.56 Å². The van der Waals surface area contributed by atoms with Gasteiger partial charge in [-0.2, -0.15) is 0 Å². The molecule has 8 heteroatoms. The molecular formula is C12H13ClN2O4S. The Bertz CT molecular complexity index is 685. The van der Waals surface area contributed by atoms with Crippen molar-refractivity contribution < 1.29 is 17.9 Å². The fourth-order valence-electron chi connectivity index (χ4n) is 1.53. The van der Waals surface area contributed by atoms with Crippen LogP contribution in [0.25, 0.3) is 0 Å². The second-order valence-corrected chi connectivity index (χ2v) is 6.29. The molecule has 2 N–H and O–H groups in total. The monoisotopic (exact) mass is 316 g/mol. The van der Waals surface area contributed by atoms with Gasteiger partial charge in [0.05, 0.1) is 6.26 Å². The van der Waals surface area contributed by atoms with Crippen LogP contribution >= 0.6 is 11.6 Å². The number of nitrogens with zero attached hydrogens (tertiary/aromatic N) is 1. The summed E-state index contributed by atoms with van der Waals surface area (Å²) in [6, 6.07) is 4.59. The molecule has 2 rings (SSSR count). The summed E-state index contributed by atoms with van der Waals surface area (Å²) < 4.78 is 31.3. The molecule has 0 saturated carbocycles. The van der Waals surface area contributed by atoms with Crippen molar-refractivity contribution >= 4 is 21.6 Å². The van der Waals surface area contributed by atoms with Crippen LogP contribution in [0.5, 0.6) is 0 Å². The predicted octanol–water partition coefficient (Wildman–Crippen LogP) is 1.65. The molecule has 2 heterocycles. The Hall–Kier alpha value is -1.41. The largest absolute Gasteiger partial charge is 0.467 e. The van der Waals surface area contributed by atoms with Crippen molar-refractivity contribution in [1.82, 2.24) is 9.71 Å². The highest BCUT2D eigenvalue weighted by atomic mass is 35.5. The van der Waals surface area contributed by atoms with Gasteiger partial charge in [-0.05, 0) is 30.7 Å². The number of aliphatic hydroxyl groups excluding tert-OH is 1. The Balaban J connectivity index is 2.09. The molecule has 2 aromatic rings. The van der Waals surface area contributed by atoms with Crippen LogP contribution in [0.4, 0.5) is 0 Å². The van der Waals surface area contributed by atoms with Gasteiger partial charge in [0.15, 0.2) is 0 Å². The second kappa shape index (κ2) is 5.92. The van der Waals surface area contributed by atoms with Gasteiger partial charge in [-0.3, -0.25) is 0 Å². The van der Waals surface area contributed by atoms with Crippen LogP contribution in [-0.4, -0.2) is 25.1 Å². The summed E-state index contributed by atoms with van der Waals surface area (Å²) in [5, 5.41) is 10.0. The molecule has 1 unspecified atom stereocenters. The van der Waals surface area contributed by atoms with Crippen molar-refractivity contribution in [1.29, 1.82) is 0 Å². The SMILES string of the molecule is Cc1cc(S(=O)(=O)NCC(O)c2ccco2)cnc1Cl. The zero-order valence-corrected chi connectivity index (χ0v) is 12.1. The lowest BCUT2D eigenvalue weighted by molar-refractivity contribution is 0.154. The smallest absolute Gasteiger partial charge is 0.242 e. The maximum Gasteiger partial charge on any atom is 0.242 e. The van der Waals surface area contributed by atoms with Crippen LogP contribution in [0.1, 0.15) is 17.4 Å². The van der Waals surface area contributed by atoms with Crippen LogP contribution < -0.4 is 4.72 Å². The fraction of sp³-hybridized carbons (Fsp3) is 0.250. The van der Waals surface area contributed by atoms with Gasteiger partial charge in [0, 0.05) is 12.7 Å². The number of aliphatic hydroxyl groups is 1. The zero-order chi connectivity index (χ0) is 14.8. The lowest BCUT2D eigenvalue weighted by Gasteiger charge is -2.10. The van der Waals surface area contributed by atoms with E-state index in [-0.39, 0.29) is 22.4 Å². The van der Waals surface area contributed by atoms with E-state index < -0.39 is 16.1 Å². The van der Waals surface area contributed by atoms with Crippen molar-refractivity contribution in [2.45, 2.75) is 17.9 Å². The van der Waals surface area contributed by atoms with Gasteiger partial charge in [0.2, 0.25) is 10.0 Å². The van der Waals surface area contributed by atoms with E-state index >= 15 is 0 Å². The molecule has 0 aliphatic rings. The summed E-state index contributed by atoms with van der Waals surface area (Å²) in [5.74, 6) is 0.290. The van der Waals surface area contributed by atoms with Gasteiger partial charge in [0.1, 0.15) is 21.9 Å². The number of aryl methyl sites for hydroxylation is 1. The van der Waals surface area contributed by atoms with Crippen molar-refractivity contribution in [3.63, 3.8) is 0 Å². The molecule has 0 aliphatic carbocycles. The Morgan fingerprint density at radius 3 is 2.90 bits per heavy atom. The minimum atomic E-state index is -3.76. The molecule has 0 saturated heterocycles. The van der Waals surface area contributed by atoms with Crippen LogP contribution in [0, 0.1) is 6.92 Å². The number of furan rings is 1. The van der Waals surface area contributed by atoms with Crippen molar-refractivity contribution in [2.75, 3.05) is 6.54 Å². The summed E-state index contributed by atoms with van der Waals surface area (Å²) in [6.45, 7) is 1.46. The van der Waals surface area contributed by atoms with Crippen molar-refractivity contribution in [3.8, 4) is 0 Å². The number of sulfonamides is 1. The van der Waals surface area contributed by atoms with Crippen molar-refractivity contribution in [3.05, 3.63) is 47.1 Å². The van der Waals surface area contributed by atoms with Gasteiger partial charge < -0.3 is 9.52 Å². The second-order valence-electron chi connectivity index (χ2n) is 4.16. The van der Waals surface area contributed by atoms with Crippen molar-refractivity contribution in [2.24, 2.45) is 0 Å². The molecule has 0 amide bonds. The van der Waals surface area contributed by atoms with Gasteiger partial charge >= 0.3 is 0 Å². The van der Waals surface area contributed by atoms with Crippen LogP contribution in [0.3, 0.4) is 0 Å². The minimum absolute atomic E-state index is 0.00829. The number of halogens is 1. The molecule has 0 aliphatic heterocycles. The van der Waals surface area contributed by atoms with Gasteiger partial charge in [-0.1, -0.05) is 11.6 Å². The predicted molar refractivity (Wildman–Crippen MR) is 72.8 cm³/mol. The molecule has 6 nitrogen and oxygen atoms in total. The van der Waals surface area contributed by atoms with E-state index in [1.165, 1.54) is 12.3 Å². The maximum absolute atomic E-state index is 12.0. The number of pyridine rings is 1. The number of hydrogen-bond donors (Lipinski definition) is 2. The third-order valence-corrected chi connectivity index (χ3v) is 4.42. The number of aromatic nitrogens is 1. The number of nitrogens with one attached hydrogen (secondary N) is 1. The normalized spacial score (nSPS) is 13.3. The van der Waals surface area contributed by atoms with E-state index in [0.717, 1.165) is 6.20 Å². The Morgan fingerprint density at radius 1 is 1.55 bits per heavy atom. The molecule has 0 fully saturated rings. The summed E-state index contributed by atoms with van der Waals surface area (Å²) in [7, 11) is -3.76. The molecule has 20 heavy (non-hydrogen) atoms. The number of rotatable bonds is 5.